The number of amides is 2. The van der Waals surface area contributed by atoms with Gasteiger partial charge < -0.3 is 5.11 Å². The van der Waals surface area contributed by atoms with Crippen LogP contribution in [-0.2, 0) is 19.2 Å². The van der Waals surface area contributed by atoms with E-state index in [0.29, 0.717) is 5.57 Å². The number of carbonyl (C=O) groups excluding carboxylic acids is 4. The zero-order valence-electron chi connectivity index (χ0n) is 20.6. The molecular weight excluding hydrogens is 507 g/mol. The lowest BCUT2D eigenvalue weighted by Gasteiger charge is -2.42. The molecule has 0 spiro atoms. The molecule has 0 bridgehead atoms. The molecule has 10 heteroatoms. The minimum absolute atomic E-state index is 0.0203. The van der Waals surface area contributed by atoms with Gasteiger partial charge in [-0.3, -0.25) is 29.3 Å². The monoisotopic (exact) mass is 528 g/mol. The highest BCUT2D eigenvalue weighted by atomic mass is 19.1. The van der Waals surface area contributed by atoms with E-state index in [2.05, 4.69) is 0 Å². The number of phenolic OH excluding ortho intramolecular Hbond substituents is 1. The van der Waals surface area contributed by atoms with Gasteiger partial charge in [0.15, 0.2) is 23.1 Å². The highest BCUT2D eigenvalue weighted by Crippen LogP contribution is 2.56. The molecule has 9 nitrogen and oxygen atoms in total. The number of para-hydroxylation sites is 1. The van der Waals surface area contributed by atoms with Gasteiger partial charge in [-0.05, 0) is 43.9 Å². The molecule has 1 heterocycles. The third-order valence-corrected chi connectivity index (χ3v) is 8.19. The van der Waals surface area contributed by atoms with E-state index in [0.717, 1.165) is 17.0 Å². The van der Waals surface area contributed by atoms with Crippen LogP contribution in [-0.4, -0.2) is 33.4 Å². The molecule has 1 N–H and O–H groups in total. The van der Waals surface area contributed by atoms with Gasteiger partial charge in [0.25, 0.3) is 5.69 Å². The number of carbonyl (C=O) groups is 4. The van der Waals surface area contributed by atoms with Gasteiger partial charge in [-0.2, -0.15) is 0 Å². The van der Waals surface area contributed by atoms with E-state index < -0.39 is 57.8 Å². The molecule has 4 unspecified atom stereocenters. The Balaban J connectivity index is 1.49. The quantitative estimate of drug-likeness (QED) is 0.209. The number of nitro benzene ring substituents is 1. The number of rotatable bonds is 3. The van der Waals surface area contributed by atoms with Crippen LogP contribution in [0.5, 0.6) is 5.75 Å². The predicted octanol–water partition coefficient (Wildman–Crippen LogP) is 4.07. The average molecular weight is 528 g/mol. The van der Waals surface area contributed by atoms with Gasteiger partial charge in [0.2, 0.25) is 11.8 Å². The first-order valence-corrected chi connectivity index (χ1v) is 12.4. The summed E-state index contributed by atoms with van der Waals surface area (Å²) in [4.78, 5) is 65.5. The van der Waals surface area contributed by atoms with Gasteiger partial charge in [-0.25, -0.2) is 9.29 Å². The van der Waals surface area contributed by atoms with Crippen LogP contribution in [0.2, 0.25) is 0 Å². The number of non-ortho nitro benzene ring substituents is 1. The molecule has 0 saturated carbocycles. The minimum Gasteiger partial charge on any atom is -0.505 e. The van der Waals surface area contributed by atoms with E-state index in [-0.39, 0.29) is 52.3 Å². The standard InChI is InChI=1S/C29H21FN2O7/c1-13-10-22(33)25-20(26(13)34)12-19-16(23(25)17-6-3-7-21(30)27(17)35)8-9-18-24(19)29(37)31(28(18)36)14-4-2-5-15(11-14)32(38)39/h2-8,10-11,18-19,23-24,35H,9,12H2,1H3. The van der Waals surface area contributed by atoms with Crippen LogP contribution in [0.25, 0.3) is 0 Å². The number of allylic oxidation sites excluding steroid dienone is 6. The van der Waals surface area contributed by atoms with Crippen molar-refractivity contribution in [1.82, 2.24) is 0 Å². The normalized spacial score (nSPS) is 26.2. The van der Waals surface area contributed by atoms with Crippen molar-refractivity contribution in [2.45, 2.75) is 25.7 Å². The Bertz CT molecular complexity index is 1640. The Morgan fingerprint density at radius 1 is 1.05 bits per heavy atom. The van der Waals surface area contributed by atoms with E-state index in [4.69, 9.17) is 0 Å². The molecule has 1 saturated heterocycles. The summed E-state index contributed by atoms with van der Waals surface area (Å²) in [6.07, 6.45) is 3.13. The van der Waals surface area contributed by atoms with E-state index in [1.807, 2.05) is 0 Å². The van der Waals surface area contributed by atoms with Crippen molar-refractivity contribution in [1.29, 1.82) is 0 Å². The fourth-order valence-corrected chi connectivity index (χ4v) is 6.50. The maximum atomic E-state index is 14.5. The molecule has 2 aromatic carbocycles. The van der Waals surface area contributed by atoms with Gasteiger partial charge in [0.05, 0.1) is 22.4 Å². The van der Waals surface area contributed by atoms with Crippen LogP contribution in [0.15, 0.2) is 76.9 Å². The summed E-state index contributed by atoms with van der Waals surface area (Å²) in [5.41, 5.74) is 1.01. The number of benzene rings is 2. The number of nitro groups is 1. The van der Waals surface area contributed by atoms with Crippen molar-refractivity contribution in [2.75, 3.05) is 4.90 Å². The number of phenols is 1. The van der Waals surface area contributed by atoms with Crippen molar-refractivity contribution >= 4 is 34.8 Å². The van der Waals surface area contributed by atoms with Crippen molar-refractivity contribution in [3.8, 4) is 5.75 Å². The van der Waals surface area contributed by atoms with Crippen molar-refractivity contribution in [3.05, 3.63) is 98.4 Å². The van der Waals surface area contributed by atoms with Gasteiger partial charge in [0.1, 0.15) is 0 Å². The summed E-state index contributed by atoms with van der Waals surface area (Å²) in [6, 6.07) is 9.20. The molecule has 6 rings (SSSR count). The maximum absolute atomic E-state index is 14.5. The molecule has 196 valence electrons. The molecule has 0 aromatic heterocycles. The third kappa shape index (κ3) is 3.51. The lowest BCUT2D eigenvalue weighted by molar-refractivity contribution is -0.384. The number of Topliss-reactive ketones (excluding diaryl/α,β-unsaturated/α-hetero) is 1. The summed E-state index contributed by atoms with van der Waals surface area (Å²) in [6.45, 7) is 1.52. The van der Waals surface area contributed by atoms with Crippen LogP contribution in [0.4, 0.5) is 15.8 Å². The molecule has 1 aliphatic heterocycles. The summed E-state index contributed by atoms with van der Waals surface area (Å²) < 4.78 is 14.5. The number of ketones is 2. The summed E-state index contributed by atoms with van der Waals surface area (Å²) in [5, 5.41) is 22.0. The van der Waals surface area contributed by atoms with E-state index in [1.54, 1.807) is 6.08 Å². The van der Waals surface area contributed by atoms with E-state index in [1.165, 1.54) is 43.3 Å². The number of hydrogen-bond acceptors (Lipinski definition) is 7. The average Bonchev–Trinajstić information content (AvgIpc) is 3.17. The topological polar surface area (TPSA) is 135 Å². The fraction of sp³-hybridized carbons (Fsp3) is 0.241. The van der Waals surface area contributed by atoms with Crippen molar-refractivity contribution in [2.24, 2.45) is 17.8 Å². The number of halogens is 1. The number of nitrogens with zero attached hydrogens (tertiary/aromatic N) is 2. The second kappa shape index (κ2) is 8.65. The number of hydrogen-bond donors (Lipinski definition) is 1. The number of imide groups is 1. The minimum atomic E-state index is -0.981. The van der Waals surface area contributed by atoms with Gasteiger partial charge >= 0.3 is 0 Å². The van der Waals surface area contributed by atoms with Gasteiger partial charge in [0, 0.05) is 40.3 Å². The van der Waals surface area contributed by atoms with Crippen LogP contribution in [0.3, 0.4) is 0 Å². The highest BCUT2D eigenvalue weighted by molar-refractivity contribution is 6.25. The summed E-state index contributed by atoms with van der Waals surface area (Å²) in [7, 11) is 0. The smallest absolute Gasteiger partial charge is 0.271 e. The molecule has 2 aromatic rings. The van der Waals surface area contributed by atoms with Crippen LogP contribution in [0.1, 0.15) is 31.2 Å². The fourth-order valence-electron chi connectivity index (χ4n) is 6.50. The van der Waals surface area contributed by atoms with Crippen molar-refractivity contribution in [3.63, 3.8) is 0 Å². The second-order valence-corrected chi connectivity index (χ2v) is 10.2. The number of anilines is 1. The number of fused-ring (bicyclic) bond motifs is 3. The van der Waals surface area contributed by atoms with E-state index in [9.17, 15) is 38.8 Å². The SMILES string of the molecule is CC1=CC(=O)C2=C(CC3C(=CCC4C(=O)N(c5cccc([N+](=O)[O-])c5)C(=O)C43)C2c2cccc(F)c2O)C1=O. The first-order valence-electron chi connectivity index (χ1n) is 12.4. The Labute approximate surface area is 221 Å². The van der Waals surface area contributed by atoms with Crippen LogP contribution < -0.4 is 4.90 Å². The molecule has 0 radical (unpaired) electrons. The zero-order chi connectivity index (χ0) is 27.7. The first-order chi connectivity index (χ1) is 18.6. The third-order valence-electron chi connectivity index (χ3n) is 8.19. The largest absolute Gasteiger partial charge is 0.505 e. The molecule has 4 aliphatic rings. The molecule has 39 heavy (non-hydrogen) atoms. The molecular formula is C29H21FN2O7. The summed E-state index contributed by atoms with van der Waals surface area (Å²) >= 11 is 0. The van der Waals surface area contributed by atoms with Crippen molar-refractivity contribution < 1.29 is 33.6 Å². The van der Waals surface area contributed by atoms with Gasteiger partial charge in [-0.1, -0.05) is 29.8 Å². The molecule has 2 amide bonds. The molecule has 1 fully saturated rings. The Kier molecular flexibility index (Phi) is 5.46. The lowest BCUT2D eigenvalue weighted by atomic mass is 9.59. The Morgan fingerprint density at radius 3 is 2.54 bits per heavy atom. The lowest BCUT2D eigenvalue weighted by Crippen LogP contribution is -2.39. The zero-order valence-corrected chi connectivity index (χ0v) is 20.6. The highest BCUT2D eigenvalue weighted by Gasteiger charge is 2.57. The molecule has 4 atom stereocenters. The first kappa shape index (κ1) is 24.6. The maximum Gasteiger partial charge on any atom is 0.271 e. The summed E-state index contributed by atoms with van der Waals surface area (Å²) in [5.74, 6) is -6.76. The molecule has 3 aliphatic carbocycles. The van der Waals surface area contributed by atoms with Crippen LogP contribution in [0, 0.1) is 33.7 Å². The van der Waals surface area contributed by atoms with Gasteiger partial charge in [-0.15, -0.1) is 0 Å². The number of aromatic hydroxyl groups is 1. The van der Waals surface area contributed by atoms with Crippen LogP contribution >= 0.6 is 0 Å². The second-order valence-electron chi connectivity index (χ2n) is 10.2. The van der Waals surface area contributed by atoms with E-state index >= 15 is 0 Å². The Morgan fingerprint density at radius 2 is 1.79 bits per heavy atom. The predicted molar refractivity (Wildman–Crippen MR) is 135 cm³/mol. The Hall–Kier alpha value is -4.73.